The van der Waals surface area contributed by atoms with Crippen molar-refractivity contribution in [2.75, 3.05) is 18.3 Å². The Bertz CT molecular complexity index is 248. The Kier molecular flexibility index (Phi) is 11.4. The first-order valence-electron chi connectivity index (χ1n) is 6.98. The van der Waals surface area contributed by atoms with E-state index >= 15 is 0 Å². The molecule has 0 saturated heterocycles. The third kappa shape index (κ3) is 9.28. The predicted octanol–water partition coefficient (Wildman–Crippen LogP) is 3.82. The van der Waals surface area contributed by atoms with Crippen LogP contribution in [0.1, 0.15) is 52.4 Å². The number of imide groups is 1. The number of nitrogens with zero attached hydrogens (tertiary/aromatic N) is 1. The number of rotatable bonds is 10. The molecule has 0 atom stereocenters. The van der Waals surface area contributed by atoms with Gasteiger partial charge < -0.3 is 0 Å². The summed E-state index contributed by atoms with van der Waals surface area (Å²) >= 11 is 11.2. The fourth-order valence-electron chi connectivity index (χ4n) is 1.72. The molecule has 0 spiro atoms. The lowest BCUT2D eigenvalue weighted by molar-refractivity contribution is -0.145. The Balaban J connectivity index is 4.34. The van der Waals surface area contributed by atoms with Gasteiger partial charge in [-0.2, -0.15) is 0 Å². The first kappa shape index (κ1) is 18.7. The van der Waals surface area contributed by atoms with E-state index in [1.807, 2.05) is 13.8 Å². The molecule has 0 aliphatic heterocycles. The van der Waals surface area contributed by atoms with E-state index in [4.69, 9.17) is 23.2 Å². The molecule has 3 nitrogen and oxygen atoms in total. The van der Waals surface area contributed by atoms with E-state index in [9.17, 15) is 9.59 Å². The van der Waals surface area contributed by atoms with Crippen LogP contribution in [0.25, 0.3) is 0 Å². The van der Waals surface area contributed by atoms with Crippen LogP contribution in [0, 0.1) is 5.92 Å². The minimum atomic E-state index is -0.0744. The SMILES string of the molecule is CC(C)CN(C(=O)CCCCCl)C(=O)CCCCCl. The molecule has 0 fully saturated rings. The molecule has 2 amide bonds. The maximum atomic E-state index is 12.1. The van der Waals surface area contributed by atoms with Crippen molar-refractivity contribution in [3.8, 4) is 0 Å². The van der Waals surface area contributed by atoms with Gasteiger partial charge in [0.05, 0.1) is 0 Å². The van der Waals surface area contributed by atoms with Crippen LogP contribution in [-0.2, 0) is 9.59 Å². The van der Waals surface area contributed by atoms with Crippen molar-refractivity contribution < 1.29 is 9.59 Å². The van der Waals surface area contributed by atoms with E-state index < -0.39 is 0 Å². The van der Waals surface area contributed by atoms with E-state index in [0.717, 1.165) is 25.7 Å². The summed E-state index contributed by atoms with van der Waals surface area (Å²) in [4.78, 5) is 25.5. The number of carbonyl (C=O) groups is 2. The molecular weight excluding hydrogens is 285 g/mol. The minimum absolute atomic E-state index is 0.0744. The Hall–Kier alpha value is -0.280. The molecule has 0 aromatic heterocycles. The highest BCUT2D eigenvalue weighted by Gasteiger charge is 2.21. The molecular formula is C14H25Cl2NO2. The third-order valence-electron chi connectivity index (χ3n) is 2.70. The molecule has 112 valence electrons. The van der Waals surface area contributed by atoms with E-state index in [-0.39, 0.29) is 17.7 Å². The molecule has 0 aliphatic rings. The second-order valence-electron chi connectivity index (χ2n) is 5.08. The lowest BCUT2D eigenvalue weighted by atomic mass is 10.1. The number of amides is 2. The standard InChI is InChI=1S/C14H25Cl2NO2/c1-12(2)11-17(13(18)7-3-5-9-15)14(19)8-4-6-10-16/h12H,3-11H2,1-2H3. The molecule has 0 rings (SSSR count). The van der Waals surface area contributed by atoms with Crippen LogP contribution in [0.5, 0.6) is 0 Å². The van der Waals surface area contributed by atoms with Gasteiger partial charge in [0.25, 0.3) is 0 Å². The second kappa shape index (κ2) is 11.5. The van der Waals surface area contributed by atoms with Gasteiger partial charge in [-0.15, -0.1) is 23.2 Å². The minimum Gasteiger partial charge on any atom is -0.282 e. The summed E-state index contributed by atoms with van der Waals surface area (Å²) in [5.74, 6) is 1.25. The quantitative estimate of drug-likeness (QED) is 0.454. The van der Waals surface area contributed by atoms with Crippen LogP contribution in [0.3, 0.4) is 0 Å². The maximum absolute atomic E-state index is 12.1. The zero-order chi connectivity index (χ0) is 14.7. The van der Waals surface area contributed by atoms with Gasteiger partial charge in [0.1, 0.15) is 0 Å². The summed E-state index contributed by atoms with van der Waals surface area (Å²) in [5, 5.41) is 0. The van der Waals surface area contributed by atoms with Crippen LogP contribution >= 0.6 is 23.2 Å². The predicted molar refractivity (Wildman–Crippen MR) is 80.7 cm³/mol. The summed E-state index contributed by atoms with van der Waals surface area (Å²) in [7, 11) is 0. The number of halogens is 2. The van der Waals surface area contributed by atoms with Gasteiger partial charge in [-0.05, 0) is 31.6 Å². The fraction of sp³-hybridized carbons (Fsp3) is 0.857. The summed E-state index contributed by atoms with van der Waals surface area (Å²) < 4.78 is 0. The van der Waals surface area contributed by atoms with Gasteiger partial charge in [0.2, 0.25) is 11.8 Å². The van der Waals surface area contributed by atoms with Crippen LogP contribution in [0.2, 0.25) is 0 Å². The van der Waals surface area contributed by atoms with Gasteiger partial charge in [-0.3, -0.25) is 14.5 Å². The molecule has 0 aromatic carbocycles. The molecule has 19 heavy (non-hydrogen) atoms. The molecule has 5 heteroatoms. The summed E-state index contributed by atoms with van der Waals surface area (Å²) in [6, 6.07) is 0. The lowest BCUT2D eigenvalue weighted by Crippen LogP contribution is -2.39. The van der Waals surface area contributed by atoms with E-state index in [1.165, 1.54) is 4.90 Å². The average Bonchev–Trinajstić information content (AvgIpc) is 2.36. The normalized spacial score (nSPS) is 10.8. The molecule has 0 radical (unpaired) electrons. The highest BCUT2D eigenvalue weighted by Crippen LogP contribution is 2.09. The van der Waals surface area contributed by atoms with Gasteiger partial charge in [0, 0.05) is 31.1 Å². The first-order chi connectivity index (χ1) is 9.02. The highest BCUT2D eigenvalue weighted by molar-refractivity contribution is 6.18. The number of hydrogen-bond donors (Lipinski definition) is 0. The van der Waals surface area contributed by atoms with Crippen molar-refractivity contribution in [1.29, 1.82) is 0 Å². The van der Waals surface area contributed by atoms with Crippen molar-refractivity contribution in [3.63, 3.8) is 0 Å². The molecule has 0 aliphatic carbocycles. The number of alkyl halides is 2. The average molecular weight is 310 g/mol. The zero-order valence-corrected chi connectivity index (χ0v) is 13.5. The monoisotopic (exact) mass is 309 g/mol. The van der Waals surface area contributed by atoms with E-state index in [2.05, 4.69) is 0 Å². The maximum Gasteiger partial charge on any atom is 0.229 e. The van der Waals surface area contributed by atoms with Crippen molar-refractivity contribution in [3.05, 3.63) is 0 Å². The summed E-state index contributed by atoms with van der Waals surface area (Å²) in [6.45, 7) is 4.51. The van der Waals surface area contributed by atoms with Gasteiger partial charge in [-0.1, -0.05) is 13.8 Å². The Labute approximate surface area is 126 Å². The molecule has 0 heterocycles. The lowest BCUT2D eigenvalue weighted by Gasteiger charge is -2.23. The van der Waals surface area contributed by atoms with E-state index in [1.54, 1.807) is 0 Å². The number of hydrogen-bond acceptors (Lipinski definition) is 2. The summed E-state index contributed by atoms with van der Waals surface area (Å²) in [6.07, 6.45) is 3.91. The van der Waals surface area contributed by atoms with Gasteiger partial charge in [0.15, 0.2) is 0 Å². The Morgan fingerprint density at radius 1 is 0.895 bits per heavy atom. The van der Waals surface area contributed by atoms with E-state index in [0.29, 0.717) is 31.1 Å². The molecule has 0 unspecified atom stereocenters. The van der Waals surface area contributed by atoms with Crippen LogP contribution in [0.4, 0.5) is 0 Å². The van der Waals surface area contributed by atoms with Crippen molar-refractivity contribution >= 4 is 35.0 Å². The highest BCUT2D eigenvalue weighted by atomic mass is 35.5. The Morgan fingerprint density at radius 2 is 1.32 bits per heavy atom. The largest absolute Gasteiger partial charge is 0.282 e. The van der Waals surface area contributed by atoms with Crippen LogP contribution in [0.15, 0.2) is 0 Å². The topological polar surface area (TPSA) is 37.4 Å². The molecule has 0 aromatic rings. The third-order valence-corrected chi connectivity index (χ3v) is 3.23. The van der Waals surface area contributed by atoms with Crippen molar-refractivity contribution in [2.45, 2.75) is 52.4 Å². The van der Waals surface area contributed by atoms with Crippen molar-refractivity contribution in [1.82, 2.24) is 4.90 Å². The Morgan fingerprint density at radius 3 is 1.63 bits per heavy atom. The molecule has 0 N–H and O–H groups in total. The molecule has 0 bridgehead atoms. The molecule has 0 saturated carbocycles. The van der Waals surface area contributed by atoms with Crippen LogP contribution in [-0.4, -0.2) is 35.0 Å². The first-order valence-corrected chi connectivity index (χ1v) is 8.05. The number of unbranched alkanes of at least 4 members (excludes halogenated alkanes) is 2. The van der Waals surface area contributed by atoms with Crippen LogP contribution < -0.4 is 0 Å². The second-order valence-corrected chi connectivity index (χ2v) is 5.84. The summed E-state index contributed by atoms with van der Waals surface area (Å²) in [5.41, 5.74) is 0. The van der Waals surface area contributed by atoms with Crippen molar-refractivity contribution in [2.24, 2.45) is 5.92 Å². The zero-order valence-electron chi connectivity index (χ0n) is 12.0. The number of carbonyl (C=O) groups excluding carboxylic acids is 2. The fourth-order valence-corrected chi connectivity index (χ4v) is 2.10. The smallest absolute Gasteiger partial charge is 0.229 e. The van der Waals surface area contributed by atoms with Gasteiger partial charge in [-0.25, -0.2) is 0 Å². The van der Waals surface area contributed by atoms with Gasteiger partial charge >= 0.3 is 0 Å².